The largest absolute Gasteiger partial charge is 0.308 e. The van der Waals surface area contributed by atoms with Gasteiger partial charge in [0.05, 0.1) is 17.6 Å². The van der Waals surface area contributed by atoms with Crippen molar-refractivity contribution in [2.45, 2.75) is 26.9 Å². The van der Waals surface area contributed by atoms with Crippen molar-refractivity contribution >= 4 is 11.6 Å². The summed E-state index contributed by atoms with van der Waals surface area (Å²) in [7, 11) is 1.92. The van der Waals surface area contributed by atoms with E-state index in [1.165, 1.54) is 11.1 Å². The zero-order valence-corrected chi connectivity index (χ0v) is 14.3. The van der Waals surface area contributed by atoms with Crippen LogP contribution in [0.15, 0.2) is 36.7 Å². The monoisotopic (exact) mass is 329 g/mol. The second kappa shape index (κ2) is 6.56. The zero-order valence-electron chi connectivity index (χ0n) is 13.5. The number of rotatable bonds is 5. The second-order valence-corrected chi connectivity index (χ2v) is 6.10. The maximum Gasteiger partial charge on any atom is 0.0649 e. The lowest BCUT2D eigenvalue weighted by atomic mass is 10.2. The van der Waals surface area contributed by atoms with E-state index in [1.807, 2.05) is 60.0 Å². The Hall–Kier alpha value is -2.11. The lowest BCUT2D eigenvalue weighted by Gasteiger charge is -2.06. The fourth-order valence-corrected chi connectivity index (χ4v) is 2.79. The van der Waals surface area contributed by atoms with E-state index >= 15 is 0 Å². The standard InChI is InChI=1S/C17H20ClN5/c1-12-17(10-19-8-14-9-20-22(3)11-14)13(2)23(21-12)16-6-4-15(18)5-7-16/h4-7,9,11,19H,8,10H2,1-3H3. The third-order valence-corrected chi connectivity index (χ3v) is 4.15. The van der Waals surface area contributed by atoms with Gasteiger partial charge in [0.15, 0.2) is 0 Å². The summed E-state index contributed by atoms with van der Waals surface area (Å²) in [5, 5.41) is 13.0. The van der Waals surface area contributed by atoms with Crippen LogP contribution in [0, 0.1) is 13.8 Å². The Morgan fingerprint density at radius 1 is 1.13 bits per heavy atom. The molecule has 0 aliphatic heterocycles. The number of nitrogens with zero attached hydrogens (tertiary/aromatic N) is 4. The highest BCUT2D eigenvalue weighted by molar-refractivity contribution is 6.30. The van der Waals surface area contributed by atoms with E-state index in [9.17, 15) is 0 Å². The van der Waals surface area contributed by atoms with Crippen LogP contribution in [0.25, 0.3) is 5.69 Å². The molecule has 0 saturated carbocycles. The lowest BCUT2D eigenvalue weighted by molar-refractivity contribution is 0.686. The topological polar surface area (TPSA) is 47.7 Å². The molecule has 0 saturated heterocycles. The van der Waals surface area contributed by atoms with Gasteiger partial charge in [-0.3, -0.25) is 4.68 Å². The summed E-state index contributed by atoms with van der Waals surface area (Å²) in [6, 6.07) is 7.73. The molecule has 1 N–H and O–H groups in total. The summed E-state index contributed by atoms with van der Waals surface area (Å²) in [5.74, 6) is 0. The van der Waals surface area contributed by atoms with E-state index in [0.29, 0.717) is 0 Å². The number of hydrogen-bond acceptors (Lipinski definition) is 3. The van der Waals surface area contributed by atoms with Gasteiger partial charge < -0.3 is 5.32 Å². The summed E-state index contributed by atoms with van der Waals surface area (Å²) in [4.78, 5) is 0. The van der Waals surface area contributed by atoms with Crippen LogP contribution in [0.2, 0.25) is 5.02 Å². The van der Waals surface area contributed by atoms with Gasteiger partial charge in [0.25, 0.3) is 0 Å². The first kappa shape index (κ1) is 15.8. The Balaban J connectivity index is 1.74. The fraction of sp³-hybridized carbons (Fsp3) is 0.294. The molecule has 0 radical (unpaired) electrons. The molecule has 3 rings (SSSR count). The van der Waals surface area contributed by atoms with Crippen molar-refractivity contribution in [3.05, 3.63) is 64.2 Å². The van der Waals surface area contributed by atoms with Crippen molar-refractivity contribution in [3.63, 3.8) is 0 Å². The minimum Gasteiger partial charge on any atom is -0.308 e. The molecule has 0 bridgehead atoms. The van der Waals surface area contributed by atoms with Crippen molar-refractivity contribution in [2.24, 2.45) is 7.05 Å². The normalized spacial score (nSPS) is 11.1. The Morgan fingerprint density at radius 2 is 1.87 bits per heavy atom. The van der Waals surface area contributed by atoms with Crippen LogP contribution in [0.3, 0.4) is 0 Å². The zero-order chi connectivity index (χ0) is 16.4. The fourth-order valence-electron chi connectivity index (χ4n) is 2.66. The molecule has 120 valence electrons. The van der Waals surface area contributed by atoms with Crippen LogP contribution in [0.4, 0.5) is 0 Å². The molecule has 0 aliphatic carbocycles. The summed E-state index contributed by atoms with van der Waals surface area (Å²) in [6.07, 6.45) is 3.90. The van der Waals surface area contributed by atoms with Crippen LogP contribution >= 0.6 is 11.6 Å². The molecule has 0 unspecified atom stereocenters. The summed E-state index contributed by atoms with van der Waals surface area (Å²) in [5.41, 5.74) is 5.60. The van der Waals surface area contributed by atoms with E-state index in [-0.39, 0.29) is 0 Å². The van der Waals surface area contributed by atoms with Crippen molar-refractivity contribution in [1.82, 2.24) is 24.9 Å². The SMILES string of the molecule is Cc1nn(-c2ccc(Cl)cc2)c(C)c1CNCc1cnn(C)c1. The van der Waals surface area contributed by atoms with Gasteiger partial charge in [-0.25, -0.2) is 4.68 Å². The lowest BCUT2D eigenvalue weighted by Crippen LogP contribution is -2.13. The number of aryl methyl sites for hydroxylation is 2. The molecule has 23 heavy (non-hydrogen) atoms. The van der Waals surface area contributed by atoms with Crippen LogP contribution in [-0.4, -0.2) is 19.6 Å². The minimum atomic E-state index is 0.730. The molecular formula is C17H20ClN5. The highest BCUT2D eigenvalue weighted by atomic mass is 35.5. The van der Waals surface area contributed by atoms with E-state index in [1.54, 1.807) is 0 Å². The first-order valence-corrected chi connectivity index (χ1v) is 7.91. The van der Waals surface area contributed by atoms with Gasteiger partial charge in [0.1, 0.15) is 0 Å². The molecule has 0 atom stereocenters. The van der Waals surface area contributed by atoms with E-state index in [2.05, 4.69) is 22.4 Å². The van der Waals surface area contributed by atoms with Gasteiger partial charge in [0.2, 0.25) is 0 Å². The molecule has 6 heteroatoms. The van der Waals surface area contributed by atoms with Crippen LogP contribution in [0.1, 0.15) is 22.5 Å². The van der Waals surface area contributed by atoms with Crippen LogP contribution < -0.4 is 5.32 Å². The number of aromatic nitrogens is 4. The average Bonchev–Trinajstić information content (AvgIpc) is 3.06. The molecule has 0 spiro atoms. The second-order valence-electron chi connectivity index (χ2n) is 5.66. The minimum absolute atomic E-state index is 0.730. The van der Waals surface area contributed by atoms with Crippen LogP contribution in [-0.2, 0) is 20.1 Å². The average molecular weight is 330 g/mol. The van der Waals surface area contributed by atoms with E-state index < -0.39 is 0 Å². The van der Waals surface area contributed by atoms with Gasteiger partial charge in [-0.05, 0) is 38.1 Å². The highest BCUT2D eigenvalue weighted by Crippen LogP contribution is 2.19. The Bertz CT molecular complexity index is 801. The third-order valence-electron chi connectivity index (χ3n) is 3.90. The first-order chi connectivity index (χ1) is 11.0. The van der Waals surface area contributed by atoms with Gasteiger partial charge >= 0.3 is 0 Å². The van der Waals surface area contributed by atoms with E-state index in [4.69, 9.17) is 11.6 Å². The summed E-state index contributed by atoms with van der Waals surface area (Å²) < 4.78 is 3.78. The van der Waals surface area contributed by atoms with Crippen molar-refractivity contribution in [1.29, 1.82) is 0 Å². The van der Waals surface area contributed by atoms with Gasteiger partial charge in [-0.1, -0.05) is 11.6 Å². The Kier molecular flexibility index (Phi) is 4.50. The molecule has 5 nitrogen and oxygen atoms in total. The van der Waals surface area contributed by atoms with Gasteiger partial charge in [0, 0.05) is 48.2 Å². The predicted molar refractivity (Wildman–Crippen MR) is 91.8 cm³/mol. The molecular weight excluding hydrogens is 310 g/mol. The van der Waals surface area contributed by atoms with Gasteiger partial charge in [-0.15, -0.1) is 0 Å². The molecule has 2 aromatic heterocycles. The third kappa shape index (κ3) is 3.46. The number of halogens is 1. The van der Waals surface area contributed by atoms with Crippen molar-refractivity contribution < 1.29 is 0 Å². The summed E-state index contributed by atoms with van der Waals surface area (Å²) in [6.45, 7) is 5.70. The number of nitrogens with one attached hydrogen (secondary N) is 1. The van der Waals surface area contributed by atoms with Crippen molar-refractivity contribution in [3.8, 4) is 5.69 Å². The maximum absolute atomic E-state index is 5.96. The first-order valence-electron chi connectivity index (χ1n) is 7.54. The quantitative estimate of drug-likeness (QED) is 0.782. The Labute approximate surface area is 140 Å². The molecule has 1 aromatic carbocycles. The van der Waals surface area contributed by atoms with Crippen LogP contribution in [0.5, 0.6) is 0 Å². The van der Waals surface area contributed by atoms with Crippen molar-refractivity contribution in [2.75, 3.05) is 0 Å². The number of hydrogen-bond donors (Lipinski definition) is 1. The maximum atomic E-state index is 5.96. The predicted octanol–water partition coefficient (Wildman–Crippen LogP) is 3.17. The highest BCUT2D eigenvalue weighted by Gasteiger charge is 2.12. The molecule has 0 aliphatic rings. The molecule has 2 heterocycles. The van der Waals surface area contributed by atoms with E-state index in [0.717, 1.165) is 35.2 Å². The van der Waals surface area contributed by atoms with Gasteiger partial charge in [-0.2, -0.15) is 10.2 Å². The Morgan fingerprint density at radius 3 is 2.52 bits per heavy atom. The smallest absolute Gasteiger partial charge is 0.0649 e. The molecule has 0 amide bonds. The molecule has 0 fully saturated rings. The summed E-state index contributed by atoms with van der Waals surface area (Å²) >= 11 is 5.96. The number of benzene rings is 1. The molecule has 3 aromatic rings.